The number of nitrogens with one attached hydrogen (secondary N) is 1. The van der Waals surface area contributed by atoms with Crippen molar-refractivity contribution in [3.63, 3.8) is 0 Å². The molecule has 0 spiro atoms. The zero-order valence-electron chi connectivity index (χ0n) is 5.72. The maximum atomic E-state index is 9.74. The molecule has 0 aromatic carbocycles. The van der Waals surface area contributed by atoms with Crippen molar-refractivity contribution in [3.05, 3.63) is 0 Å². The second-order valence-electron chi connectivity index (χ2n) is 1.82. The molecule has 9 heavy (non-hydrogen) atoms. The Labute approximate surface area is 60.5 Å². The number of carbonyl (C=O) groups is 1. The van der Waals surface area contributed by atoms with E-state index in [1.165, 1.54) is 12.8 Å². The molecular weight excluding hydrogens is 134 g/mol. The summed E-state index contributed by atoms with van der Waals surface area (Å²) in [5.74, 6) is 0. The second kappa shape index (κ2) is 7.98. The molecule has 0 aliphatic heterocycles. The highest BCUT2D eigenvalue weighted by atomic mass is 32.2. The van der Waals surface area contributed by atoms with E-state index in [1.54, 1.807) is 0 Å². The van der Waals surface area contributed by atoms with Gasteiger partial charge < -0.3 is 0 Å². The van der Waals surface area contributed by atoms with Gasteiger partial charge in [0.2, 0.25) is 0 Å². The molecule has 0 rings (SSSR count). The average molecular weight is 147 g/mol. The molecule has 0 aromatic heterocycles. The second-order valence-corrected chi connectivity index (χ2v) is 2.53. The fraction of sp³-hybridized carbons (Fsp3) is 0.833. The first-order valence-electron chi connectivity index (χ1n) is 3.24. The molecule has 0 saturated carbocycles. The first kappa shape index (κ1) is 8.98. The lowest BCUT2D eigenvalue weighted by atomic mass is 10.3. The van der Waals surface area contributed by atoms with Crippen molar-refractivity contribution in [1.82, 2.24) is 4.72 Å². The standard InChI is InChI=1S/C6H13NOS/c1-2-3-4-5-7-9-6-8/h6-7H,2-5H2,1H3. The van der Waals surface area contributed by atoms with Crippen LogP contribution in [0.15, 0.2) is 0 Å². The minimum absolute atomic E-state index is 0.811. The molecule has 0 heterocycles. The molecule has 0 bridgehead atoms. The van der Waals surface area contributed by atoms with Gasteiger partial charge in [0.1, 0.15) is 0 Å². The predicted octanol–water partition coefficient (Wildman–Crippen LogP) is 1.60. The van der Waals surface area contributed by atoms with Gasteiger partial charge in [-0.1, -0.05) is 19.8 Å². The normalized spacial score (nSPS) is 9.44. The lowest BCUT2D eigenvalue weighted by Gasteiger charge is -1.95. The summed E-state index contributed by atoms with van der Waals surface area (Å²) < 4.78 is 2.92. The molecule has 3 heteroatoms. The van der Waals surface area contributed by atoms with E-state index >= 15 is 0 Å². The first-order chi connectivity index (χ1) is 4.41. The number of hydrogen-bond donors (Lipinski definition) is 1. The lowest BCUT2D eigenvalue weighted by molar-refractivity contribution is 0.569. The predicted molar refractivity (Wildman–Crippen MR) is 41.9 cm³/mol. The van der Waals surface area contributed by atoms with E-state index in [9.17, 15) is 4.79 Å². The Morgan fingerprint density at radius 3 is 2.89 bits per heavy atom. The van der Waals surface area contributed by atoms with Gasteiger partial charge in [-0.3, -0.25) is 9.52 Å². The van der Waals surface area contributed by atoms with Crippen molar-refractivity contribution < 1.29 is 4.79 Å². The van der Waals surface area contributed by atoms with Crippen LogP contribution < -0.4 is 4.72 Å². The van der Waals surface area contributed by atoms with E-state index in [4.69, 9.17) is 0 Å². The minimum Gasteiger partial charge on any atom is -0.290 e. The van der Waals surface area contributed by atoms with Crippen LogP contribution in [0.2, 0.25) is 0 Å². The largest absolute Gasteiger partial charge is 0.290 e. The van der Waals surface area contributed by atoms with Crippen molar-refractivity contribution in [3.8, 4) is 0 Å². The van der Waals surface area contributed by atoms with Gasteiger partial charge in [0.05, 0.1) is 0 Å². The molecular formula is C6H13NOS. The summed E-state index contributed by atoms with van der Waals surface area (Å²) in [6.07, 6.45) is 3.64. The monoisotopic (exact) mass is 147 g/mol. The van der Waals surface area contributed by atoms with Gasteiger partial charge in [0.15, 0.2) is 5.62 Å². The van der Waals surface area contributed by atoms with Crippen LogP contribution >= 0.6 is 11.9 Å². The topological polar surface area (TPSA) is 29.1 Å². The van der Waals surface area contributed by atoms with E-state index < -0.39 is 0 Å². The third-order valence-electron chi connectivity index (χ3n) is 1.01. The number of unbranched alkanes of at least 4 members (excludes halogenated alkanes) is 2. The lowest BCUT2D eigenvalue weighted by Crippen LogP contribution is -2.04. The molecule has 0 radical (unpaired) electrons. The molecule has 0 atom stereocenters. The summed E-state index contributed by atoms with van der Waals surface area (Å²) in [4.78, 5) is 9.74. The van der Waals surface area contributed by atoms with Gasteiger partial charge in [-0.2, -0.15) is 0 Å². The molecule has 2 nitrogen and oxygen atoms in total. The van der Waals surface area contributed by atoms with Gasteiger partial charge in [0.25, 0.3) is 0 Å². The third-order valence-corrected chi connectivity index (χ3v) is 1.48. The molecule has 0 saturated heterocycles. The van der Waals surface area contributed by atoms with Crippen LogP contribution in [0, 0.1) is 0 Å². The van der Waals surface area contributed by atoms with Crippen LogP contribution in [0.5, 0.6) is 0 Å². The molecule has 0 amide bonds. The molecule has 54 valence electrons. The third kappa shape index (κ3) is 7.98. The average Bonchev–Trinajstić information content (AvgIpc) is 1.89. The molecule has 1 N–H and O–H groups in total. The summed E-state index contributed by atoms with van der Waals surface area (Å²) in [6.45, 7) is 3.10. The van der Waals surface area contributed by atoms with Crippen LogP contribution in [0.3, 0.4) is 0 Å². The summed E-state index contributed by atoms with van der Waals surface area (Å²) in [5, 5.41) is 0. The highest BCUT2D eigenvalue weighted by molar-refractivity contribution is 8.10. The van der Waals surface area contributed by atoms with E-state index in [-0.39, 0.29) is 0 Å². The number of hydrogen-bond acceptors (Lipinski definition) is 3. The van der Waals surface area contributed by atoms with E-state index in [0.717, 1.165) is 30.5 Å². The molecule has 0 aliphatic carbocycles. The van der Waals surface area contributed by atoms with Gasteiger partial charge in [-0.25, -0.2) is 0 Å². The maximum absolute atomic E-state index is 9.74. The zero-order chi connectivity index (χ0) is 6.95. The van der Waals surface area contributed by atoms with Crippen molar-refractivity contribution in [2.24, 2.45) is 0 Å². The van der Waals surface area contributed by atoms with Gasteiger partial charge >= 0.3 is 0 Å². The SMILES string of the molecule is CCCCCNSC=O. The van der Waals surface area contributed by atoms with Crippen molar-refractivity contribution >= 4 is 17.6 Å². The fourth-order valence-corrected chi connectivity index (χ4v) is 0.870. The van der Waals surface area contributed by atoms with Crippen molar-refractivity contribution in [2.75, 3.05) is 6.54 Å². The summed E-state index contributed by atoms with van der Waals surface area (Å²) in [5.41, 5.74) is 0.811. The van der Waals surface area contributed by atoms with Gasteiger partial charge in [0, 0.05) is 6.54 Å². The Balaban J connectivity index is 2.66. The Morgan fingerprint density at radius 1 is 1.56 bits per heavy atom. The van der Waals surface area contributed by atoms with Crippen LogP contribution in [-0.4, -0.2) is 12.2 Å². The fourth-order valence-electron chi connectivity index (χ4n) is 0.540. The molecule has 0 aromatic rings. The molecule has 0 fully saturated rings. The van der Waals surface area contributed by atoms with E-state index in [0.29, 0.717) is 0 Å². The smallest absolute Gasteiger partial charge is 0.191 e. The van der Waals surface area contributed by atoms with Crippen LogP contribution in [0.25, 0.3) is 0 Å². The van der Waals surface area contributed by atoms with Gasteiger partial charge in [-0.15, -0.1) is 0 Å². The molecule has 0 aliphatic rings. The van der Waals surface area contributed by atoms with Crippen LogP contribution in [-0.2, 0) is 4.79 Å². The van der Waals surface area contributed by atoms with E-state index in [1.807, 2.05) is 0 Å². The maximum Gasteiger partial charge on any atom is 0.191 e. The summed E-state index contributed by atoms with van der Waals surface area (Å²) in [7, 11) is 0. The quantitative estimate of drug-likeness (QED) is 0.351. The van der Waals surface area contributed by atoms with Crippen LogP contribution in [0.4, 0.5) is 0 Å². The molecule has 0 unspecified atom stereocenters. The van der Waals surface area contributed by atoms with Crippen molar-refractivity contribution in [1.29, 1.82) is 0 Å². The highest BCUT2D eigenvalue weighted by Gasteiger charge is 1.84. The van der Waals surface area contributed by atoms with Crippen molar-refractivity contribution in [2.45, 2.75) is 26.2 Å². The van der Waals surface area contributed by atoms with E-state index in [2.05, 4.69) is 11.6 Å². The summed E-state index contributed by atoms with van der Waals surface area (Å²) in [6, 6.07) is 0. The number of carbonyl (C=O) groups excluding carboxylic acids is 1. The Kier molecular flexibility index (Phi) is 7.96. The first-order valence-corrected chi connectivity index (χ1v) is 4.12. The Morgan fingerprint density at radius 2 is 2.33 bits per heavy atom. The van der Waals surface area contributed by atoms with Crippen LogP contribution in [0.1, 0.15) is 26.2 Å². The number of rotatable bonds is 6. The minimum atomic E-state index is 0.811. The Bertz CT molecular complexity index is 68.1. The Hall–Kier alpha value is -0.0200. The summed E-state index contributed by atoms with van der Waals surface area (Å²) >= 11 is 1.13. The zero-order valence-corrected chi connectivity index (χ0v) is 6.54. The highest BCUT2D eigenvalue weighted by Crippen LogP contribution is 1.93. The van der Waals surface area contributed by atoms with Gasteiger partial charge in [-0.05, 0) is 18.4 Å².